The first-order chi connectivity index (χ1) is 16.3. The molecule has 10 heteroatoms. The van der Waals surface area contributed by atoms with Crippen LogP contribution in [0.5, 0.6) is 11.5 Å². The number of fused-ring (bicyclic) bond motifs is 1. The molecule has 35 heavy (non-hydrogen) atoms. The van der Waals surface area contributed by atoms with Gasteiger partial charge in [-0.15, -0.1) is 0 Å². The van der Waals surface area contributed by atoms with Gasteiger partial charge >= 0.3 is 0 Å². The molecule has 0 radical (unpaired) electrons. The summed E-state index contributed by atoms with van der Waals surface area (Å²) in [5.74, 6) is -0.161. The Morgan fingerprint density at radius 1 is 0.743 bits per heavy atom. The van der Waals surface area contributed by atoms with Gasteiger partial charge in [0, 0.05) is 11.1 Å². The highest BCUT2D eigenvalue weighted by molar-refractivity contribution is 7.86. The number of carbonyl (C=O) groups is 1. The minimum absolute atomic E-state index is 0.148. The van der Waals surface area contributed by atoms with Crippen LogP contribution in [0.4, 0.5) is 0 Å². The first-order valence-corrected chi connectivity index (χ1v) is 13.1. The minimum atomic E-state index is -4.75. The second-order valence-electron chi connectivity index (χ2n) is 8.03. The Balaban J connectivity index is 1.70. The van der Waals surface area contributed by atoms with E-state index in [1.807, 2.05) is 32.0 Å². The molecule has 0 aliphatic heterocycles. The van der Waals surface area contributed by atoms with Crippen LogP contribution in [0.3, 0.4) is 0 Å². The second kappa shape index (κ2) is 8.90. The van der Waals surface area contributed by atoms with Crippen molar-refractivity contribution in [2.45, 2.75) is 23.6 Å². The maximum Gasteiger partial charge on any atom is 0.298 e. The molecule has 180 valence electrons. The number of ketones is 1. The molecule has 4 rings (SSSR count). The fourth-order valence-corrected chi connectivity index (χ4v) is 4.76. The molecule has 0 aliphatic rings. The van der Waals surface area contributed by atoms with Gasteiger partial charge in [-0.1, -0.05) is 23.8 Å². The Hall–Kier alpha value is -3.57. The molecule has 8 nitrogen and oxygen atoms in total. The van der Waals surface area contributed by atoms with Gasteiger partial charge in [-0.3, -0.25) is 13.9 Å². The van der Waals surface area contributed by atoms with E-state index >= 15 is 0 Å². The lowest BCUT2D eigenvalue weighted by atomic mass is 9.97. The number of carbonyl (C=O) groups excluding carboxylic acids is 1. The molecule has 0 aliphatic carbocycles. The Morgan fingerprint density at radius 2 is 1.43 bits per heavy atom. The molecule has 0 aromatic heterocycles. The van der Waals surface area contributed by atoms with Crippen LogP contribution in [0.15, 0.2) is 82.6 Å². The van der Waals surface area contributed by atoms with Crippen molar-refractivity contribution in [3.8, 4) is 11.5 Å². The van der Waals surface area contributed by atoms with E-state index in [0.29, 0.717) is 16.5 Å². The van der Waals surface area contributed by atoms with Crippen LogP contribution in [0.25, 0.3) is 10.8 Å². The van der Waals surface area contributed by atoms with Crippen LogP contribution < -0.4 is 4.74 Å². The van der Waals surface area contributed by atoms with Crippen LogP contribution in [-0.4, -0.2) is 31.7 Å². The quantitative estimate of drug-likeness (QED) is 0.273. The van der Waals surface area contributed by atoms with Crippen LogP contribution in [0.2, 0.25) is 0 Å². The molecule has 2 N–H and O–H groups in total. The summed E-state index contributed by atoms with van der Waals surface area (Å²) in [6, 6.07) is 17.7. The van der Waals surface area contributed by atoms with Gasteiger partial charge in [0.2, 0.25) is 0 Å². The van der Waals surface area contributed by atoms with Gasteiger partial charge in [0.15, 0.2) is 5.78 Å². The molecule has 0 bridgehead atoms. The average molecular weight is 513 g/mol. The van der Waals surface area contributed by atoms with Crippen molar-refractivity contribution in [1.82, 2.24) is 0 Å². The number of aryl methyl sites for hydroxylation is 2. The summed E-state index contributed by atoms with van der Waals surface area (Å²) in [7, 11) is -9.26. The zero-order valence-electron chi connectivity index (χ0n) is 18.6. The molecule has 0 amide bonds. The Labute approximate surface area is 202 Å². The number of benzene rings is 4. The van der Waals surface area contributed by atoms with Crippen molar-refractivity contribution in [3.05, 3.63) is 95.1 Å². The van der Waals surface area contributed by atoms with Crippen molar-refractivity contribution in [2.75, 3.05) is 0 Å². The van der Waals surface area contributed by atoms with Crippen molar-refractivity contribution < 1.29 is 35.5 Å². The van der Waals surface area contributed by atoms with Crippen LogP contribution in [0, 0.1) is 13.8 Å². The molecular formula is C25H20O8S2. The van der Waals surface area contributed by atoms with Gasteiger partial charge < -0.3 is 4.74 Å². The highest BCUT2D eigenvalue weighted by atomic mass is 32.2. The third-order valence-corrected chi connectivity index (χ3v) is 7.16. The lowest BCUT2D eigenvalue weighted by Gasteiger charge is -2.12. The van der Waals surface area contributed by atoms with Gasteiger partial charge in [0.25, 0.3) is 20.2 Å². The number of rotatable bonds is 6. The van der Waals surface area contributed by atoms with Gasteiger partial charge in [-0.25, -0.2) is 0 Å². The van der Waals surface area contributed by atoms with Gasteiger partial charge in [0.1, 0.15) is 16.4 Å². The first kappa shape index (κ1) is 24.6. The Bertz CT molecular complexity index is 1690. The fraction of sp³-hybridized carbons (Fsp3) is 0.0800. The summed E-state index contributed by atoms with van der Waals surface area (Å²) in [6.45, 7) is 3.74. The highest BCUT2D eigenvalue weighted by Gasteiger charge is 2.20. The third-order valence-electron chi connectivity index (χ3n) is 5.43. The van der Waals surface area contributed by atoms with E-state index < -0.39 is 30.0 Å². The predicted molar refractivity (Wildman–Crippen MR) is 129 cm³/mol. The Kier molecular flexibility index (Phi) is 6.24. The maximum atomic E-state index is 12.9. The fourth-order valence-electron chi connectivity index (χ4n) is 3.61. The van der Waals surface area contributed by atoms with E-state index in [0.717, 1.165) is 29.3 Å². The average Bonchev–Trinajstić information content (AvgIpc) is 2.78. The molecular weight excluding hydrogens is 492 g/mol. The maximum absolute atomic E-state index is 12.9. The van der Waals surface area contributed by atoms with E-state index in [1.54, 1.807) is 12.1 Å². The van der Waals surface area contributed by atoms with Crippen molar-refractivity contribution >= 4 is 36.8 Å². The van der Waals surface area contributed by atoms with Crippen molar-refractivity contribution in [2.24, 2.45) is 0 Å². The van der Waals surface area contributed by atoms with E-state index in [2.05, 4.69) is 0 Å². The Morgan fingerprint density at radius 3 is 2.06 bits per heavy atom. The van der Waals surface area contributed by atoms with Crippen LogP contribution in [-0.2, 0) is 20.2 Å². The summed E-state index contributed by atoms with van der Waals surface area (Å²) >= 11 is 0. The highest BCUT2D eigenvalue weighted by Crippen LogP contribution is 2.34. The zero-order chi connectivity index (χ0) is 25.5. The summed E-state index contributed by atoms with van der Waals surface area (Å²) in [4.78, 5) is 11.9. The van der Waals surface area contributed by atoms with E-state index in [-0.39, 0.29) is 22.7 Å². The molecule has 0 atom stereocenters. The molecule has 0 saturated carbocycles. The van der Waals surface area contributed by atoms with Crippen LogP contribution in [0.1, 0.15) is 27.0 Å². The molecule has 4 aromatic carbocycles. The number of ether oxygens (including phenoxy) is 1. The third kappa shape index (κ3) is 5.25. The number of hydrogen-bond acceptors (Lipinski definition) is 6. The van der Waals surface area contributed by atoms with Gasteiger partial charge in [0.05, 0.1) is 4.90 Å². The molecule has 0 saturated heterocycles. The smallest absolute Gasteiger partial charge is 0.298 e. The summed E-state index contributed by atoms with van der Waals surface area (Å²) < 4.78 is 71.5. The standard InChI is InChI=1S/C25H20O8S2/c1-15-3-4-16(2)22(11-15)25(26)17-5-8-20(9-6-17)33-23-13-18-7-10-21(34(27,28)29)12-19(18)14-24(23)35(30,31)32/h3-14H,1-2H3,(H,27,28,29)(H,30,31,32). The van der Waals surface area contributed by atoms with Gasteiger partial charge in [-0.2, -0.15) is 16.8 Å². The first-order valence-electron chi connectivity index (χ1n) is 10.3. The lowest BCUT2D eigenvalue weighted by molar-refractivity contribution is 0.103. The summed E-state index contributed by atoms with van der Waals surface area (Å²) in [6.07, 6.45) is 0. The zero-order valence-corrected chi connectivity index (χ0v) is 20.2. The van der Waals surface area contributed by atoms with Crippen molar-refractivity contribution in [1.29, 1.82) is 0 Å². The molecule has 4 aromatic rings. The van der Waals surface area contributed by atoms with Crippen LogP contribution >= 0.6 is 0 Å². The number of hydrogen-bond donors (Lipinski definition) is 2. The lowest BCUT2D eigenvalue weighted by Crippen LogP contribution is -2.04. The molecule has 0 spiro atoms. The van der Waals surface area contributed by atoms with E-state index in [4.69, 9.17) is 4.74 Å². The largest absolute Gasteiger partial charge is 0.456 e. The molecule has 0 unspecified atom stereocenters. The van der Waals surface area contributed by atoms with E-state index in [1.165, 1.54) is 24.3 Å². The predicted octanol–water partition coefficient (Wildman–Crippen LogP) is 4.97. The molecule has 0 heterocycles. The summed E-state index contributed by atoms with van der Waals surface area (Å²) in [5.41, 5.74) is 2.78. The molecule has 0 fully saturated rings. The monoisotopic (exact) mass is 512 g/mol. The van der Waals surface area contributed by atoms with Crippen molar-refractivity contribution in [3.63, 3.8) is 0 Å². The second-order valence-corrected chi connectivity index (χ2v) is 10.8. The van der Waals surface area contributed by atoms with Gasteiger partial charge in [-0.05, 0) is 84.8 Å². The normalized spacial score (nSPS) is 12.0. The summed E-state index contributed by atoms with van der Waals surface area (Å²) in [5, 5.41) is 0.552. The SMILES string of the molecule is Cc1ccc(C)c(C(=O)c2ccc(Oc3cc4ccc(S(=O)(=O)O)cc4cc3S(=O)(=O)O)cc2)c1. The minimum Gasteiger partial charge on any atom is -0.456 e. The topological polar surface area (TPSA) is 135 Å². The van der Waals surface area contributed by atoms with E-state index in [9.17, 15) is 30.7 Å².